The van der Waals surface area contributed by atoms with Crippen molar-refractivity contribution in [3.63, 3.8) is 0 Å². The Balaban J connectivity index is 1.77. The Morgan fingerprint density at radius 2 is 1.86 bits per heavy atom. The number of nitrogens with one attached hydrogen (secondary N) is 1. The predicted octanol–water partition coefficient (Wildman–Crippen LogP) is 5.19. The average Bonchev–Trinajstić information content (AvgIpc) is 2.72. The summed E-state index contributed by atoms with van der Waals surface area (Å²) in [5.41, 5.74) is 4.66. The maximum atomic E-state index is 13.0. The van der Waals surface area contributed by atoms with Crippen LogP contribution in [0.5, 0.6) is 0 Å². The molecular formula is C23H18ClN3O. The molecule has 0 fully saturated rings. The fourth-order valence-corrected chi connectivity index (χ4v) is 3.34. The van der Waals surface area contributed by atoms with E-state index < -0.39 is 0 Å². The number of carbonyl (C=O) groups excluding carboxylic acids is 1. The van der Waals surface area contributed by atoms with Gasteiger partial charge in [0.05, 0.1) is 29.0 Å². The van der Waals surface area contributed by atoms with Crippen LogP contribution in [0.1, 0.15) is 21.6 Å². The second-order valence-corrected chi connectivity index (χ2v) is 6.97. The molecule has 0 aliphatic carbocycles. The van der Waals surface area contributed by atoms with Crippen molar-refractivity contribution in [2.75, 3.05) is 0 Å². The highest BCUT2D eigenvalue weighted by molar-refractivity contribution is 6.33. The summed E-state index contributed by atoms with van der Waals surface area (Å²) in [5, 5.41) is 4.37. The maximum Gasteiger partial charge on any atom is 0.252 e. The van der Waals surface area contributed by atoms with Crippen LogP contribution in [-0.4, -0.2) is 15.9 Å². The molecule has 2 aromatic heterocycles. The van der Waals surface area contributed by atoms with Crippen LogP contribution in [0.2, 0.25) is 5.02 Å². The van der Waals surface area contributed by atoms with Crippen LogP contribution >= 0.6 is 11.6 Å². The zero-order chi connectivity index (χ0) is 19.5. The molecule has 0 atom stereocenters. The number of aromatic nitrogens is 2. The molecule has 0 radical (unpaired) electrons. The van der Waals surface area contributed by atoms with Gasteiger partial charge in [-0.15, -0.1) is 0 Å². The van der Waals surface area contributed by atoms with Gasteiger partial charge in [-0.3, -0.25) is 9.78 Å². The van der Waals surface area contributed by atoms with E-state index in [1.807, 2.05) is 67.6 Å². The molecule has 5 heteroatoms. The Kier molecular flexibility index (Phi) is 5.04. The first kappa shape index (κ1) is 18.1. The van der Waals surface area contributed by atoms with Crippen molar-refractivity contribution in [1.29, 1.82) is 0 Å². The number of hydrogen-bond acceptors (Lipinski definition) is 3. The lowest BCUT2D eigenvalue weighted by atomic mass is 10.0. The highest BCUT2D eigenvalue weighted by Gasteiger charge is 2.15. The molecule has 0 saturated heterocycles. The van der Waals surface area contributed by atoms with Gasteiger partial charge in [-0.05, 0) is 43.3 Å². The third-order valence-corrected chi connectivity index (χ3v) is 4.84. The van der Waals surface area contributed by atoms with E-state index in [1.165, 1.54) is 0 Å². The molecule has 0 spiro atoms. The standard InChI is InChI=1S/C23H18ClN3O/c1-15-9-10-21-18(12-15)19(23(28)26-14-16-6-4-5-11-25-16)13-22(27-21)17-7-2-3-8-20(17)24/h2-13H,14H2,1H3,(H,26,28). The van der Waals surface area contributed by atoms with Crippen molar-refractivity contribution in [2.45, 2.75) is 13.5 Å². The number of nitrogens with zero attached hydrogens (tertiary/aromatic N) is 2. The molecule has 1 amide bonds. The molecular weight excluding hydrogens is 370 g/mol. The minimum atomic E-state index is -0.169. The highest BCUT2D eigenvalue weighted by atomic mass is 35.5. The molecule has 28 heavy (non-hydrogen) atoms. The normalized spacial score (nSPS) is 10.8. The lowest BCUT2D eigenvalue weighted by Crippen LogP contribution is -2.23. The van der Waals surface area contributed by atoms with Crippen LogP contribution in [0.4, 0.5) is 0 Å². The number of amides is 1. The Labute approximate surface area is 168 Å². The van der Waals surface area contributed by atoms with E-state index in [0.29, 0.717) is 22.8 Å². The number of fused-ring (bicyclic) bond motifs is 1. The number of aryl methyl sites for hydroxylation is 1. The van der Waals surface area contributed by atoms with Gasteiger partial charge >= 0.3 is 0 Å². The molecule has 4 rings (SSSR count). The molecule has 2 heterocycles. The van der Waals surface area contributed by atoms with Gasteiger partial charge in [0.15, 0.2) is 0 Å². The van der Waals surface area contributed by atoms with E-state index in [9.17, 15) is 4.79 Å². The summed E-state index contributed by atoms with van der Waals surface area (Å²) in [6.07, 6.45) is 1.71. The van der Waals surface area contributed by atoms with Crippen LogP contribution < -0.4 is 5.32 Å². The number of carbonyl (C=O) groups is 1. The monoisotopic (exact) mass is 387 g/mol. The zero-order valence-corrected chi connectivity index (χ0v) is 16.1. The summed E-state index contributed by atoms with van der Waals surface area (Å²) in [6, 6.07) is 20.8. The van der Waals surface area contributed by atoms with E-state index in [2.05, 4.69) is 10.3 Å². The van der Waals surface area contributed by atoms with E-state index in [1.54, 1.807) is 12.3 Å². The van der Waals surface area contributed by atoms with Gasteiger partial charge in [-0.1, -0.05) is 47.5 Å². The quantitative estimate of drug-likeness (QED) is 0.524. The van der Waals surface area contributed by atoms with Crippen molar-refractivity contribution in [3.8, 4) is 11.3 Å². The van der Waals surface area contributed by atoms with E-state index in [0.717, 1.165) is 27.7 Å². The Hall–Kier alpha value is -3.24. The molecule has 0 saturated carbocycles. The van der Waals surface area contributed by atoms with Crippen molar-refractivity contribution in [1.82, 2.24) is 15.3 Å². The molecule has 0 bridgehead atoms. The largest absolute Gasteiger partial charge is 0.346 e. The SMILES string of the molecule is Cc1ccc2nc(-c3ccccc3Cl)cc(C(=O)NCc3ccccn3)c2c1. The molecule has 0 unspecified atom stereocenters. The summed E-state index contributed by atoms with van der Waals surface area (Å²) in [5.74, 6) is -0.169. The van der Waals surface area contributed by atoms with Crippen LogP contribution in [-0.2, 0) is 6.54 Å². The highest BCUT2D eigenvalue weighted by Crippen LogP contribution is 2.30. The van der Waals surface area contributed by atoms with Crippen LogP contribution in [0.3, 0.4) is 0 Å². The Bertz CT molecular complexity index is 1160. The van der Waals surface area contributed by atoms with Crippen LogP contribution in [0, 0.1) is 6.92 Å². The smallest absolute Gasteiger partial charge is 0.252 e. The fourth-order valence-electron chi connectivity index (χ4n) is 3.10. The predicted molar refractivity (Wildman–Crippen MR) is 112 cm³/mol. The average molecular weight is 388 g/mol. The molecule has 0 aliphatic heterocycles. The van der Waals surface area contributed by atoms with Gasteiger partial charge < -0.3 is 5.32 Å². The van der Waals surface area contributed by atoms with E-state index in [4.69, 9.17) is 16.6 Å². The zero-order valence-electron chi connectivity index (χ0n) is 15.3. The lowest BCUT2D eigenvalue weighted by molar-refractivity contribution is 0.0952. The third-order valence-electron chi connectivity index (χ3n) is 4.51. The molecule has 0 aliphatic rings. The number of benzene rings is 2. The molecule has 1 N–H and O–H groups in total. The number of halogens is 1. The minimum absolute atomic E-state index is 0.169. The fraction of sp³-hybridized carbons (Fsp3) is 0.0870. The van der Waals surface area contributed by atoms with Gasteiger partial charge in [0, 0.05) is 22.2 Å². The Morgan fingerprint density at radius 3 is 2.64 bits per heavy atom. The second-order valence-electron chi connectivity index (χ2n) is 6.56. The van der Waals surface area contributed by atoms with Crippen molar-refractivity contribution >= 4 is 28.4 Å². The van der Waals surface area contributed by atoms with Crippen molar-refractivity contribution in [3.05, 3.63) is 94.8 Å². The maximum absolute atomic E-state index is 13.0. The van der Waals surface area contributed by atoms with Gasteiger partial charge in [0.2, 0.25) is 0 Å². The van der Waals surface area contributed by atoms with E-state index >= 15 is 0 Å². The van der Waals surface area contributed by atoms with Crippen molar-refractivity contribution < 1.29 is 4.79 Å². The second kappa shape index (κ2) is 7.79. The summed E-state index contributed by atoms with van der Waals surface area (Å²) in [4.78, 5) is 22.0. The number of rotatable bonds is 4. The van der Waals surface area contributed by atoms with Gasteiger partial charge in [0.25, 0.3) is 5.91 Å². The molecule has 4 aromatic rings. The first-order valence-corrected chi connectivity index (χ1v) is 9.34. The molecule has 2 aromatic carbocycles. The third kappa shape index (κ3) is 3.73. The number of pyridine rings is 2. The summed E-state index contributed by atoms with van der Waals surface area (Å²) in [6.45, 7) is 2.35. The van der Waals surface area contributed by atoms with Gasteiger partial charge in [-0.2, -0.15) is 0 Å². The summed E-state index contributed by atoms with van der Waals surface area (Å²) in [7, 11) is 0. The van der Waals surface area contributed by atoms with Crippen molar-refractivity contribution in [2.24, 2.45) is 0 Å². The Morgan fingerprint density at radius 1 is 1.04 bits per heavy atom. The molecule has 4 nitrogen and oxygen atoms in total. The lowest BCUT2D eigenvalue weighted by Gasteiger charge is -2.12. The first-order valence-electron chi connectivity index (χ1n) is 8.96. The van der Waals surface area contributed by atoms with Gasteiger partial charge in [-0.25, -0.2) is 4.98 Å². The summed E-state index contributed by atoms with van der Waals surface area (Å²) < 4.78 is 0. The topological polar surface area (TPSA) is 54.9 Å². The van der Waals surface area contributed by atoms with Crippen LogP contribution in [0.25, 0.3) is 22.2 Å². The van der Waals surface area contributed by atoms with E-state index in [-0.39, 0.29) is 5.91 Å². The minimum Gasteiger partial charge on any atom is -0.346 e. The first-order chi connectivity index (χ1) is 13.6. The van der Waals surface area contributed by atoms with Gasteiger partial charge in [0.1, 0.15) is 0 Å². The summed E-state index contributed by atoms with van der Waals surface area (Å²) >= 11 is 6.36. The number of hydrogen-bond donors (Lipinski definition) is 1. The molecule has 138 valence electrons. The van der Waals surface area contributed by atoms with Crippen LogP contribution in [0.15, 0.2) is 72.9 Å².